The molecular formula is C25H20ClF2N5O4S. The molecule has 0 unspecified atom stereocenters. The molecule has 2 aromatic carbocycles. The Kier molecular flexibility index (Phi) is 6.86. The van der Waals surface area contributed by atoms with Crippen LogP contribution in [0.3, 0.4) is 0 Å². The van der Waals surface area contributed by atoms with Gasteiger partial charge in [0.1, 0.15) is 17.4 Å². The second-order valence-corrected chi connectivity index (χ2v) is 10.5. The third-order valence-electron chi connectivity index (χ3n) is 6.12. The number of hydrogen-bond donors (Lipinski definition) is 1. The summed E-state index contributed by atoms with van der Waals surface area (Å²) in [5.41, 5.74) is 1.25. The highest BCUT2D eigenvalue weighted by atomic mass is 35.5. The quantitative estimate of drug-likeness (QED) is 0.383. The molecule has 3 heterocycles. The molecule has 0 amide bonds. The van der Waals surface area contributed by atoms with Gasteiger partial charge in [-0.1, -0.05) is 23.7 Å². The number of anilines is 1. The lowest BCUT2D eigenvalue weighted by atomic mass is 10.0. The van der Waals surface area contributed by atoms with E-state index in [4.69, 9.17) is 16.3 Å². The molecule has 1 aliphatic rings. The molecule has 0 saturated carbocycles. The lowest BCUT2D eigenvalue weighted by molar-refractivity contribution is 0.385. The van der Waals surface area contributed by atoms with Crippen molar-refractivity contribution in [3.8, 4) is 22.6 Å². The number of halogens is 3. The first-order valence-corrected chi connectivity index (χ1v) is 13.1. The standard InChI is InChI=1S/C25H20ClF2N5O4S/c1-37-23-12-17(15-4-6-19(27)18(26)11-15)20(28)13-22(23)33-21-8-10-32(14-16(21)5-7-25(33)34)38(35,36)31-24-3-2-9-29-30-24/h2-7,9,11-13H,8,10,14H2,1H3,(H,30,31). The van der Waals surface area contributed by atoms with Gasteiger partial charge in [-0.05, 0) is 41.5 Å². The fourth-order valence-corrected chi connectivity index (χ4v) is 5.65. The number of fused-ring (bicyclic) bond motifs is 1. The number of hydrogen-bond acceptors (Lipinski definition) is 6. The van der Waals surface area contributed by atoms with E-state index >= 15 is 4.39 Å². The summed E-state index contributed by atoms with van der Waals surface area (Å²) in [7, 11) is -2.58. The predicted octanol–water partition coefficient (Wildman–Crippen LogP) is 3.95. The van der Waals surface area contributed by atoms with E-state index in [2.05, 4.69) is 14.9 Å². The summed E-state index contributed by atoms with van der Waals surface area (Å²) < 4.78 is 65.2. The lowest BCUT2D eigenvalue weighted by Gasteiger charge is -2.30. The van der Waals surface area contributed by atoms with Crippen molar-refractivity contribution >= 4 is 27.6 Å². The van der Waals surface area contributed by atoms with E-state index in [1.54, 1.807) is 12.1 Å². The van der Waals surface area contributed by atoms with Crippen molar-refractivity contribution in [2.24, 2.45) is 0 Å². The van der Waals surface area contributed by atoms with E-state index in [-0.39, 0.29) is 47.4 Å². The molecule has 0 spiro atoms. The Labute approximate surface area is 221 Å². The van der Waals surface area contributed by atoms with Gasteiger partial charge in [-0.3, -0.25) is 14.1 Å². The van der Waals surface area contributed by atoms with Gasteiger partial charge < -0.3 is 4.74 Å². The first kappa shape index (κ1) is 25.8. The minimum atomic E-state index is -3.96. The summed E-state index contributed by atoms with van der Waals surface area (Å²) >= 11 is 5.87. The van der Waals surface area contributed by atoms with Gasteiger partial charge in [0, 0.05) is 49.1 Å². The zero-order chi connectivity index (χ0) is 27.0. The van der Waals surface area contributed by atoms with E-state index in [1.807, 2.05) is 0 Å². The number of pyridine rings is 1. The summed E-state index contributed by atoms with van der Waals surface area (Å²) in [6.45, 7) is 0.0329. The normalized spacial score (nSPS) is 13.7. The Balaban J connectivity index is 1.53. The number of nitrogens with one attached hydrogen (secondary N) is 1. The van der Waals surface area contributed by atoms with Crippen LogP contribution in [0.5, 0.6) is 5.75 Å². The van der Waals surface area contributed by atoms with Crippen LogP contribution in [0, 0.1) is 11.6 Å². The molecule has 0 fully saturated rings. The second kappa shape index (κ2) is 10.1. The van der Waals surface area contributed by atoms with Crippen molar-refractivity contribution in [2.45, 2.75) is 13.0 Å². The van der Waals surface area contributed by atoms with Crippen molar-refractivity contribution in [3.05, 3.63) is 99.1 Å². The smallest absolute Gasteiger partial charge is 0.303 e. The highest BCUT2D eigenvalue weighted by molar-refractivity contribution is 7.90. The molecule has 0 atom stereocenters. The number of ether oxygens (including phenoxy) is 1. The third kappa shape index (κ3) is 4.85. The topological polar surface area (TPSA) is 106 Å². The van der Waals surface area contributed by atoms with Gasteiger partial charge in [-0.25, -0.2) is 8.78 Å². The molecule has 1 aliphatic heterocycles. The maximum atomic E-state index is 15.3. The maximum Gasteiger partial charge on any atom is 0.303 e. The number of nitrogens with zero attached hydrogens (tertiary/aromatic N) is 4. The van der Waals surface area contributed by atoms with Gasteiger partial charge in [-0.15, -0.1) is 5.10 Å². The van der Waals surface area contributed by atoms with Crippen LogP contribution in [0.4, 0.5) is 14.6 Å². The molecular weight excluding hydrogens is 540 g/mol. The number of methoxy groups -OCH3 is 1. The summed E-state index contributed by atoms with van der Waals surface area (Å²) in [5.74, 6) is -1.05. The Bertz CT molecular complexity index is 1700. The average Bonchev–Trinajstić information content (AvgIpc) is 2.90. The Morgan fingerprint density at radius 1 is 1.08 bits per heavy atom. The molecule has 0 bridgehead atoms. The number of benzene rings is 2. The van der Waals surface area contributed by atoms with Gasteiger partial charge in [0.25, 0.3) is 5.56 Å². The summed E-state index contributed by atoms with van der Waals surface area (Å²) in [6.07, 6.45) is 1.60. The van der Waals surface area contributed by atoms with E-state index < -0.39 is 27.4 Å². The summed E-state index contributed by atoms with van der Waals surface area (Å²) in [5, 5.41) is 7.25. The van der Waals surface area contributed by atoms with E-state index in [1.165, 1.54) is 52.5 Å². The van der Waals surface area contributed by atoms with Crippen molar-refractivity contribution < 1.29 is 21.9 Å². The molecule has 13 heteroatoms. The molecule has 0 saturated heterocycles. The van der Waals surface area contributed by atoms with Gasteiger partial charge >= 0.3 is 10.2 Å². The lowest BCUT2D eigenvalue weighted by Crippen LogP contribution is -2.41. The van der Waals surface area contributed by atoms with E-state index in [9.17, 15) is 17.6 Å². The Morgan fingerprint density at radius 2 is 1.89 bits per heavy atom. The van der Waals surface area contributed by atoms with Crippen molar-refractivity contribution in [1.82, 2.24) is 19.1 Å². The van der Waals surface area contributed by atoms with Crippen LogP contribution in [0.25, 0.3) is 16.8 Å². The molecule has 0 aliphatic carbocycles. The van der Waals surface area contributed by atoms with Crippen LogP contribution in [-0.4, -0.2) is 41.1 Å². The average molecular weight is 560 g/mol. The molecule has 1 N–H and O–H groups in total. The Hall–Kier alpha value is -3.87. The van der Waals surface area contributed by atoms with Crippen LogP contribution in [0.1, 0.15) is 11.3 Å². The Morgan fingerprint density at radius 3 is 2.61 bits per heavy atom. The fourth-order valence-electron chi connectivity index (χ4n) is 4.32. The van der Waals surface area contributed by atoms with Crippen molar-refractivity contribution in [1.29, 1.82) is 0 Å². The van der Waals surface area contributed by atoms with Gasteiger partial charge in [-0.2, -0.15) is 17.8 Å². The third-order valence-corrected chi connectivity index (χ3v) is 7.87. The maximum absolute atomic E-state index is 15.3. The SMILES string of the molecule is COc1cc(-c2ccc(F)c(Cl)c2)c(F)cc1-n1c2c(ccc1=O)CN(S(=O)(=O)Nc1cccnn1)CC2. The molecule has 4 aromatic rings. The van der Waals surface area contributed by atoms with Crippen LogP contribution in [0.15, 0.2) is 65.6 Å². The monoisotopic (exact) mass is 559 g/mol. The number of rotatable bonds is 6. The molecule has 0 radical (unpaired) electrons. The van der Waals surface area contributed by atoms with Crippen LogP contribution < -0.4 is 15.0 Å². The van der Waals surface area contributed by atoms with Crippen molar-refractivity contribution in [3.63, 3.8) is 0 Å². The fraction of sp³-hybridized carbons (Fsp3) is 0.160. The van der Waals surface area contributed by atoms with E-state index in [0.717, 1.165) is 12.1 Å². The zero-order valence-electron chi connectivity index (χ0n) is 19.9. The van der Waals surface area contributed by atoms with Crippen LogP contribution in [0.2, 0.25) is 5.02 Å². The second-order valence-electron chi connectivity index (χ2n) is 8.41. The van der Waals surface area contributed by atoms with E-state index in [0.29, 0.717) is 16.8 Å². The zero-order valence-corrected chi connectivity index (χ0v) is 21.4. The highest BCUT2D eigenvalue weighted by Gasteiger charge is 2.30. The summed E-state index contributed by atoms with van der Waals surface area (Å²) in [4.78, 5) is 13.0. The van der Waals surface area contributed by atoms with Gasteiger partial charge in [0.05, 0.1) is 17.8 Å². The molecule has 9 nitrogen and oxygen atoms in total. The number of aromatic nitrogens is 3. The molecule has 2 aromatic heterocycles. The molecule has 5 rings (SSSR count). The summed E-state index contributed by atoms with van der Waals surface area (Å²) in [6, 6.07) is 12.3. The van der Waals surface area contributed by atoms with Gasteiger partial charge in [0.15, 0.2) is 5.82 Å². The minimum absolute atomic E-state index is 0.0256. The predicted molar refractivity (Wildman–Crippen MR) is 138 cm³/mol. The molecule has 38 heavy (non-hydrogen) atoms. The first-order chi connectivity index (χ1) is 18.2. The largest absolute Gasteiger partial charge is 0.495 e. The van der Waals surface area contributed by atoms with Crippen LogP contribution in [-0.2, 0) is 23.2 Å². The highest BCUT2D eigenvalue weighted by Crippen LogP contribution is 2.35. The van der Waals surface area contributed by atoms with Crippen molar-refractivity contribution in [2.75, 3.05) is 18.4 Å². The van der Waals surface area contributed by atoms with Gasteiger partial charge in [0.2, 0.25) is 0 Å². The molecule has 196 valence electrons. The van der Waals surface area contributed by atoms with Crippen LogP contribution >= 0.6 is 11.6 Å². The first-order valence-electron chi connectivity index (χ1n) is 11.3. The minimum Gasteiger partial charge on any atom is -0.495 e.